The van der Waals surface area contributed by atoms with E-state index in [1.165, 1.54) is 18.0 Å². The molecule has 2 aromatic rings. The van der Waals surface area contributed by atoms with Gasteiger partial charge in [-0.15, -0.1) is 0 Å². The van der Waals surface area contributed by atoms with Crippen molar-refractivity contribution in [2.75, 3.05) is 11.9 Å². The van der Waals surface area contributed by atoms with E-state index in [-0.39, 0.29) is 0 Å². The molecule has 2 aromatic heterocycles. The average Bonchev–Trinajstić information content (AvgIpc) is 2.76. The van der Waals surface area contributed by atoms with Gasteiger partial charge in [-0.3, -0.25) is 4.68 Å². The molecule has 5 nitrogen and oxygen atoms in total. The van der Waals surface area contributed by atoms with E-state index in [2.05, 4.69) is 20.4 Å². The van der Waals surface area contributed by atoms with Gasteiger partial charge >= 0.3 is 0 Å². The van der Waals surface area contributed by atoms with Crippen molar-refractivity contribution in [2.45, 2.75) is 23.3 Å². The molecule has 0 saturated heterocycles. The van der Waals surface area contributed by atoms with Crippen molar-refractivity contribution in [1.82, 2.24) is 19.7 Å². The fraction of sp³-hybridized carbons (Fsp3) is 0.364. The molecule has 1 N–H and O–H groups in total. The third-order valence-corrected chi connectivity index (χ3v) is 3.07. The second-order valence-corrected chi connectivity index (χ2v) is 4.79. The molecule has 0 aromatic carbocycles. The summed E-state index contributed by atoms with van der Waals surface area (Å²) < 4.78 is 15.2. The maximum Gasteiger partial charge on any atom is 0.223 e. The third kappa shape index (κ3) is 3.19. The molecule has 0 aliphatic heterocycles. The molecule has 7 heteroatoms. The van der Waals surface area contributed by atoms with Gasteiger partial charge in [-0.25, -0.2) is 14.4 Å². The molecular formula is C11H14FN5S. The minimum atomic E-state index is -0.425. The summed E-state index contributed by atoms with van der Waals surface area (Å²) in [5, 5.41) is 7.36. The van der Waals surface area contributed by atoms with Crippen LogP contribution in [0.1, 0.15) is 13.3 Å². The van der Waals surface area contributed by atoms with E-state index in [0.717, 1.165) is 17.9 Å². The van der Waals surface area contributed by atoms with Crippen LogP contribution < -0.4 is 5.32 Å². The Kier molecular flexibility index (Phi) is 4.14. The standard InChI is InChI=1S/C11H14FN5S/c1-3-4-13-11-14-6-9(12)10(16-11)18-8-5-15-17(2)7-8/h5-7H,3-4H2,1-2H3,(H,13,14,16). The van der Waals surface area contributed by atoms with Crippen LogP contribution in [0.25, 0.3) is 0 Å². The Morgan fingerprint density at radius 3 is 2.94 bits per heavy atom. The molecular weight excluding hydrogens is 253 g/mol. The SMILES string of the molecule is CCCNc1ncc(F)c(Sc2cnn(C)c2)n1. The molecule has 2 rings (SSSR count). The van der Waals surface area contributed by atoms with E-state index < -0.39 is 5.82 Å². The topological polar surface area (TPSA) is 55.6 Å². The first-order chi connectivity index (χ1) is 8.69. The zero-order chi connectivity index (χ0) is 13.0. The maximum absolute atomic E-state index is 13.6. The largest absolute Gasteiger partial charge is 0.354 e. The van der Waals surface area contributed by atoms with Crippen molar-refractivity contribution in [1.29, 1.82) is 0 Å². The summed E-state index contributed by atoms with van der Waals surface area (Å²) in [7, 11) is 1.81. The molecule has 0 amide bonds. The van der Waals surface area contributed by atoms with Crippen LogP contribution in [0, 0.1) is 5.82 Å². The fourth-order valence-electron chi connectivity index (χ4n) is 1.31. The van der Waals surface area contributed by atoms with Gasteiger partial charge in [0.05, 0.1) is 17.3 Å². The van der Waals surface area contributed by atoms with Gasteiger partial charge in [-0.1, -0.05) is 18.7 Å². The number of nitrogens with one attached hydrogen (secondary N) is 1. The first kappa shape index (κ1) is 12.8. The van der Waals surface area contributed by atoms with E-state index in [9.17, 15) is 4.39 Å². The first-order valence-corrected chi connectivity index (χ1v) is 6.43. The predicted molar refractivity (Wildman–Crippen MR) is 68.1 cm³/mol. The molecule has 0 aliphatic rings. The van der Waals surface area contributed by atoms with Crippen LogP contribution in [0.3, 0.4) is 0 Å². The zero-order valence-electron chi connectivity index (χ0n) is 10.2. The molecule has 0 aliphatic carbocycles. The summed E-state index contributed by atoms with van der Waals surface area (Å²) in [4.78, 5) is 8.88. The van der Waals surface area contributed by atoms with Gasteiger partial charge in [0.25, 0.3) is 0 Å². The Morgan fingerprint density at radius 1 is 1.44 bits per heavy atom. The van der Waals surface area contributed by atoms with Crippen LogP contribution in [0.4, 0.5) is 10.3 Å². The highest BCUT2D eigenvalue weighted by Crippen LogP contribution is 2.27. The molecule has 0 spiro atoms. The van der Waals surface area contributed by atoms with Crippen molar-refractivity contribution in [3.8, 4) is 0 Å². The Balaban J connectivity index is 2.15. The quantitative estimate of drug-likeness (QED) is 0.843. The highest BCUT2D eigenvalue weighted by molar-refractivity contribution is 7.99. The summed E-state index contributed by atoms with van der Waals surface area (Å²) in [6.07, 6.45) is 5.63. The van der Waals surface area contributed by atoms with Crippen molar-refractivity contribution in [2.24, 2.45) is 7.05 Å². The molecule has 0 saturated carbocycles. The molecule has 0 radical (unpaired) electrons. The number of hydrogen-bond donors (Lipinski definition) is 1. The smallest absolute Gasteiger partial charge is 0.223 e. The molecule has 0 unspecified atom stereocenters. The van der Waals surface area contributed by atoms with Crippen molar-refractivity contribution < 1.29 is 4.39 Å². The van der Waals surface area contributed by atoms with E-state index in [0.29, 0.717) is 11.0 Å². The third-order valence-electron chi connectivity index (χ3n) is 2.14. The minimum absolute atomic E-state index is 0.302. The Bertz CT molecular complexity index is 528. The Morgan fingerprint density at radius 2 is 2.28 bits per heavy atom. The van der Waals surface area contributed by atoms with Gasteiger partial charge < -0.3 is 5.32 Å². The number of hydrogen-bond acceptors (Lipinski definition) is 5. The number of nitrogens with zero attached hydrogens (tertiary/aromatic N) is 4. The zero-order valence-corrected chi connectivity index (χ0v) is 11.0. The summed E-state index contributed by atoms with van der Waals surface area (Å²) in [6, 6.07) is 0. The van der Waals surface area contributed by atoms with Crippen LogP contribution in [-0.2, 0) is 7.05 Å². The lowest BCUT2D eigenvalue weighted by Crippen LogP contribution is -2.05. The second-order valence-electron chi connectivity index (χ2n) is 3.73. The first-order valence-electron chi connectivity index (χ1n) is 5.62. The second kappa shape index (κ2) is 5.81. The van der Waals surface area contributed by atoms with Gasteiger partial charge in [0.2, 0.25) is 5.95 Å². The number of aromatic nitrogens is 4. The Hall–Kier alpha value is -1.63. The van der Waals surface area contributed by atoms with E-state index in [4.69, 9.17) is 0 Å². The number of rotatable bonds is 5. The van der Waals surface area contributed by atoms with E-state index >= 15 is 0 Å². The van der Waals surface area contributed by atoms with Crippen molar-refractivity contribution in [3.05, 3.63) is 24.4 Å². The molecule has 18 heavy (non-hydrogen) atoms. The van der Waals surface area contributed by atoms with Crippen molar-refractivity contribution in [3.63, 3.8) is 0 Å². The monoisotopic (exact) mass is 267 g/mol. The van der Waals surface area contributed by atoms with E-state index in [1.54, 1.807) is 10.9 Å². The van der Waals surface area contributed by atoms with Crippen LogP contribution in [0.2, 0.25) is 0 Å². The van der Waals surface area contributed by atoms with Gasteiger partial charge in [-0.05, 0) is 6.42 Å². The van der Waals surface area contributed by atoms with Crippen LogP contribution >= 0.6 is 11.8 Å². The Labute approximate surface area is 109 Å². The molecule has 0 atom stereocenters. The fourth-order valence-corrected chi connectivity index (χ4v) is 2.12. The summed E-state index contributed by atoms with van der Waals surface area (Å²) in [6.45, 7) is 2.81. The number of anilines is 1. The normalized spacial score (nSPS) is 10.6. The van der Waals surface area contributed by atoms with Crippen molar-refractivity contribution >= 4 is 17.7 Å². The summed E-state index contributed by atoms with van der Waals surface area (Å²) in [5.41, 5.74) is 0. The minimum Gasteiger partial charge on any atom is -0.354 e. The lowest BCUT2D eigenvalue weighted by molar-refractivity contribution is 0.580. The highest BCUT2D eigenvalue weighted by atomic mass is 32.2. The highest BCUT2D eigenvalue weighted by Gasteiger charge is 2.09. The molecule has 0 bridgehead atoms. The lowest BCUT2D eigenvalue weighted by atomic mass is 10.5. The number of halogens is 1. The molecule has 0 fully saturated rings. The predicted octanol–water partition coefficient (Wildman–Crippen LogP) is 2.32. The van der Waals surface area contributed by atoms with E-state index in [1.807, 2.05) is 20.2 Å². The van der Waals surface area contributed by atoms with Crippen LogP contribution in [-0.4, -0.2) is 26.3 Å². The average molecular weight is 267 g/mol. The maximum atomic E-state index is 13.6. The van der Waals surface area contributed by atoms with Gasteiger partial charge in [0, 0.05) is 19.8 Å². The molecule has 2 heterocycles. The summed E-state index contributed by atoms with van der Waals surface area (Å²) in [5.74, 6) is 0.0236. The van der Waals surface area contributed by atoms with Crippen LogP contribution in [0.15, 0.2) is 28.5 Å². The van der Waals surface area contributed by atoms with Crippen LogP contribution in [0.5, 0.6) is 0 Å². The molecule has 96 valence electrons. The number of aryl methyl sites for hydroxylation is 1. The summed E-state index contributed by atoms with van der Waals surface area (Å²) >= 11 is 1.23. The lowest BCUT2D eigenvalue weighted by Gasteiger charge is -2.05. The van der Waals surface area contributed by atoms with Gasteiger partial charge in [-0.2, -0.15) is 5.10 Å². The van der Waals surface area contributed by atoms with Gasteiger partial charge in [0.1, 0.15) is 5.03 Å². The van der Waals surface area contributed by atoms with Gasteiger partial charge in [0.15, 0.2) is 5.82 Å².